The lowest BCUT2D eigenvalue weighted by molar-refractivity contribution is 0.326. The third kappa shape index (κ3) is 3.22. The second-order valence-corrected chi connectivity index (χ2v) is 4.42. The molecule has 0 spiro atoms. The zero-order chi connectivity index (χ0) is 12.1. The van der Waals surface area contributed by atoms with Gasteiger partial charge in [-0.2, -0.15) is 0 Å². The molecule has 0 saturated heterocycles. The van der Waals surface area contributed by atoms with E-state index in [0.717, 1.165) is 12.3 Å². The Kier molecular flexibility index (Phi) is 4.77. The van der Waals surface area contributed by atoms with Gasteiger partial charge in [-0.15, -0.1) is 0 Å². The summed E-state index contributed by atoms with van der Waals surface area (Å²) in [6.07, 6.45) is 0. The first-order valence-electron chi connectivity index (χ1n) is 5.64. The van der Waals surface area contributed by atoms with E-state index in [1.165, 1.54) is 11.1 Å². The molecule has 0 fully saturated rings. The Labute approximate surface area is 98.2 Å². The Morgan fingerprint density at radius 2 is 2.06 bits per heavy atom. The molecule has 0 saturated carbocycles. The van der Waals surface area contributed by atoms with Gasteiger partial charge in [0, 0.05) is 18.8 Å². The number of nitrogens with two attached hydrogens (primary N) is 1. The van der Waals surface area contributed by atoms with Gasteiger partial charge in [0.1, 0.15) is 5.75 Å². The van der Waals surface area contributed by atoms with Crippen molar-refractivity contribution in [2.75, 3.05) is 20.8 Å². The number of rotatable bonds is 5. The van der Waals surface area contributed by atoms with E-state index in [2.05, 4.69) is 32.0 Å². The van der Waals surface area contributed by atoms with Gasteiger partial charge in [-0.05, 0) is 24.6 Å². The molecule has 0 amide bonds. The first-order valence-corrected chi connectivity index (χ1v) is 5.64. The van der Waals surface area contributed by atoms with Crippen molar-refractivity contribution < 1.29 is 4.74 Å². The van der Waals surface area contributed by atoms with Gasteiger partial charge in [0.05, 0.1) is 7.11 Å². The Balaban J connectivity index is 2.93. The number of hydrogen-bond acceptors (Lipinski definition) is 3. The van der Waals surface area contributed by atoms with Crippen LogP contribution >= 0.6 is 0 Å². The van der Waals surface area contributed by atoms with Gasteiger partial charge in [0.25, 0.3) is 0 Å². The molecule has 1 aromatic carbocycles. The number of hydrogen-bond donors (Lipinski definition) is 1. The van der Waals surface area contributed by atoms with Gasteiger partial charge in [0.15, 0.2) is 0 Å². The standard InChI is InChI=1S/C13H22N2O/c1-10(2)11-5-6-12(8-15(3)9-14)13(7-11)16-4/h5-7,10H,8-9,14H2,1-4H3. The highest BCUT2D eigenvalue weighted by Gasteiger charge is 2.08. The summed E-state index contributed by atoms with van der Waals surface area (Å²) in [5.41, 5.74) is 8.06. The zero-order valence-corrected chi connectivity index (χ0v) is 10.7. The van der Waals surface area contributed by atoms with Gasteiger partial charge in [-0.3, -0.25) is 4.90 Å². The van der Waals surface area contributed by atoms with Crippen molar-refractivity contribution in [1.29, 1.82) is 0 Å². The fourth-order valence-corrected chi connectivity index (χ4v) is 1.61. The summed E-state index contributed by atoms with van der Waals surface area (Å²) < 4.78 is 5.41. The molecular weight excluding hydrogens is 200 g/mol. The van der Waals surface area contributed by atoms with Crippen LogP contribution in [-0.2, 0) is 6.54 Å². The van der Waals surface area contributed by atoms with Crippen molar-refractivity contribution in [3.05, 3.63) is 29.3 Å². The Morgan fingerprint density at radius 3 is 2.56 bits per heavy atom. The monoisotopic (exact) mass is 222 g/mol. The highest BCUT2D eigenvalue weighted by Crippen LogP contribution is 2.25. The lowest BCUT2D eigenvalue weighted by Gasteiger charge is -2.17. The fourth-order valence-electron chi connectivity index (χ4n) is 1.61. The van der Waals surface area contributed by atoms with Crippen LogP contribution in [0.1, 0.15) is 30.9 Å². The average Bonchev–Trinajstić information content (AvgIpc) is 2.29. The molecule has 1 rings (SSSR count). The second-order valence-electron chi connectivity index (χ2n) is 4.42. The molecule has 2 N–H and O–H groups in total. The van der Waals surface area contributed by atoms with Gasteiger partial charge in [-0.1, -0.05) is 26.0 Å². The second kappa shape index (κ2) is 5.87. The fraction of sp³-hybridized carbons (Fsp3) is 0.538. The Hall–Kier alpha value is -1.06. The molecule has 0 heterocycles. The third-order valence-corrected chi connectivity index (χ3v) is 2.73. The molecular formula is C13H22N2O. The molecule has 0 atom stereocenters. The topological polar surface area (TPSA) is 38.5 Å². The van der Waals surface area contributed by atoms with E-state index < -0.39 is 0 Å². The van der Waals surface area contributed by atoms with E-state index in [1.54, 1.807) is 7.11 Å². The first-order chi connectivity index (χ1) is 7.58. The lowest BCUT2D eigenvalue weighted by atomic mass is 10.0. The predicted octanol–water partition coefficient (Wildman–Crippen LogP) is 2.17. The summed E-state index contributed by atoms with van der Waals surface area (Å²) in [6, 6.07) is 6.40. The molecule has 0 aliphatic heterocycles. The van der Waals surface area contributed by atoms with Crippen molar-refractivity contribution in [2.24, 2.45) is 5.73 Å². The molecule has 90 valence electrons. The van der Waals surface area contributed by atoms with Crippen LogP contribution in [0.2, 0.25) is 0 Å². The van der Waals surface area contributed by atoms with Gasteiger partial charge in [0.2, 0.25) is 0 Å². The minimum Gasteiger partial charge on any atom is -0.496 e. The van der Waals surface area contributed by atoms with E-state index in [1.807, 2.05) is 11.9 Å². The summed E-state index contributed by atoms with van der Waals surface area (Å²) in [7, 11) is 3.71. The van der Waals surface area contributed by atoms with Crippen molar-refractivity contribution in [3.63, 3.8) is 0 Å². The maximum Gasteiger partial charge on any atom is 0.123 e. The molecule has 0 unspecified atom stereocenters. The van der Waals surface area contributed by atoms with Crippen LogP contribution in [-0.4, -0.2) is 25.7 Å². The summed E-state index contributed by atoms with van der Waals surface area (Å²) in [5, 5.41) is 0. The molecule has 0 aliphatic rings. The number of nitrogens with zero attached hydrogens (tertiary/aromatic N) is 1. The van der Waals surface area contributed by atoms with E-state index in [0.29, 0.717) is 12.6 Å². The highest BCUT2D eigenvalue weighted by molar-refractivity contribution is 5.38. The molecule has 3 heteroatoms. The first kappa shape index (κ1) is 13.0. The van der Waals surface area contributed by atoms with Gasteiger partial charge >= 0.3 is 0 Å². The van der Waals surface area contributed by atoms with Crippen LogP contribution in [0.15, 0.2) is 18.2 Å². The number of ether oxygens (including phenoxy) is 1. The number of benzene rings is 1. The predicted molar refractivity (Wildman–Crippen MR) is 67.6 cm³/mol. The number of methoxy groups -OCH3 is 1. The molecule has 0 aromatic heterocycles. The zero-order valence-electron chi connectivity index (χ0n) is 10.7. The minimum absolute atomic E-state index is 0.523. The Morgan fingerprint density at radius 1 is 1.38 bits per heavy atom. The summed E-state index contributed by atoms with van der Waals surface area (Å²) in [5.74, 6) is 1.47. The maximum absolute atomic E-state index is 5.57. The van der Waals surface area contributed by atoms with E-state index >= 15 is 0 Å². The van der Waals surface area contributed by atoms with Crippen LogP contribution in [0.25, 0.3) is 0 Å². The van der Waals surface area contributed by atoms with Crippen molar-refractivity contribution in [1.82, 2.24) is 4.90 Å². The van der Waals surface area contributed by atoms with Crippen LogP contribution < -0.4 is 10.5 Å². The SMILES string of the molecule is COc1cc(C(C)C)ccc1CN(C)CN. The molecule has 0 radical (unpaired) electrons. The van der Waals surface area contributed by atoms with Crippen molar-refractivity contribution >= 4 is 0 Å². The highest BCUT2D eigenvalue weighted by atomic mass is 16.5. The van der Waals surface area contributed by atoms with Gasteiger partial charge < -0.3 is 10.5 Å². The molecule has 1 aromatic rings. The molecule has 0 aliphatic carbocycles. The van der Waals surface area contributed by atoms with Crippen LogP contribution in [0.4, 0.5) is 0 Å². The minimum atomic E-state index is 0.523. The summed E-state index contributed by atoms with van der Waals surface area (Å²) in [6.45, 7) is 5.73. The normalized spacial score (nSPS) is 11.2. The summed E-state index contributed by atoms with van der Waals surface area (Å²) in [4.78, 5) is 2.05. The lowest BCUT2D eigenvalue weighted by Crippen LogP contribution is -2.25. The van der Waals surface area contributed by atoms with Crippen LogP contribution in [0.3, 0.4) is 0 Å². The molecule has 16 heavy (non-hydrogen) atoms. The van der Waals surface area contributed by atoms with E-state index in [4.69, 9.17) is 10.5 Å². The summed E-state index contributed by atoms with van der Waals surface area (Å²) >= 11 is 0. The average molecular weight is 222 g/mol. The molecule has 0 bridgehead atoms. The van der Waals surface area contributed by atoms with E-state index in [9.17, 15) is 0 Å². The maximum atomic E-state index is 5.57. The van der Waals surface area contributed by atoms with Crippen molar-refractivity contribution in [3.8, 4) is 5.75 Å². The quantitative estimate of drug-likeness (QED) is 0.776. The van der Waals surface area contributed by atoms with Gasteiger partial charge in [-0.25, -0.2) is 0 Å². The van der Waals surface area contributed by atoms with E-state index in [-0.39, 0.29) is 0 Å². The molecule has 3 nitrogen and oxygen atoms in total. The van der Waals surface area contributed by atoms with Crippen molar-refractivity contribution in [2.45, 2.75) is 26.3 Å². The largest absolute Gasteiger partial charge is 0.496 e. The smallest absolute Gasteiger partial charge is 0.123 e. The van der Waals surface area contributed by atoms with Crippen LogP contribution in [0.5, 0.6) is 5.75 Å². The van der Waals surface area contributed by atoms with Crippen LogP contribution in [0, 0.1) is 0 Å². The third-order valence-electron chi connectivity index (χ3n) is 2.73. The Bertz CT molecular complexity index is 337.